The third-order valence-corrected chi connectivity index (χ3v) is 5.02. The minimum atomic E-state index is -2.78. The van der Waals surface area contributed by atoms with E-state index in [4.69, 9.17) is 5.11 Å². The first-order valence-electron chi connectivity index (χ1n) is 5.19. The number of sulfone groups is 1. The Bertz CT molecular complexity index is 281. The fourth-order valence-electron chi connectivity index (χ4n) is 2.65. The van der Waals surface area contributed by atoms with Gasteiger partial charge in [-0.25, -0.2) is 8.42 Å². The van der Waals surface area contributed by atoms with Crippen molar-refractivity contribution < 1.29 is 13.5 Å². The molecule has 0 aromatic rings. The zero-order valence-electron chi connectivity index (χ0n) is 8.22. The first-order chi connectivity index (χ1) is 6.62. The van der Waals surface area contributed by atoms with Crippen molar-refractivity contribution in [3.8, 4) is 0 Å². The van der Waals surface area contributed by atoms with E-state index in [2.05, 4.69) is 4.90 Å². The first-order valence-corrected chi connectivity index (χ1v) is 7.01. The zero-order chi connectivity index (χ0) is 10.2. The molecule has 0 radical (unpaired) electrons. The quantitative estimate of drug-likeness (QED) is 0.703. The van der Waals surface area contributed by atoms with Crippen LogP contribution in [-0.4, -0.2) is 55.2 Å². The van der Waals surface area contributed by atoms with Crippen molar-refractivity contribution in [2.24, 2.45) is 0 Å². The summed E-state index contributed by atoms with van der Waals surface area (Å²) in [5, 5.41) is 8.75. The fraction of sp³-hybridized carbons (Fsp3) is 1.00. The molecule has 2 heterocycles. The van der Waals surface area contributed by atoms with Gasteiger partial charge in [0.15, 0.2) is 9.84 Å². The van der Waals surface area contributed by atoms with Gasteiger partial charge in [-0.2, -0.15) is 0 Å². The summed E-state index contributed by atoms with van der Waals surface area (Å²) in [7, 11) is -2.78. The van der Waals surface area contributed by atoms with Crippen LogP contribution in [0.5, 0.6) is 0 Å². The molecule has 14 heavy (non-hydrogen) atoms. The maximum absolute atomic E-state index is 11.5. The maximum atomic E-state index is 11.5. The molecule has 5 heteroatoms. The second-order valence-corrected chi connectivity index (χ2v) is 6.43. The van der Waals surface area contributed by atoms with Crippen molar-refractivity contribution >= 4 is 9.84 Å². The molecular formula is C9H17NO3S. The van der Waals surface area contributed by atoms with Gasteiger partial charge in [0.2, 0.25) is 0 Å². The van der Waals surface area contributed by atoms with Crippen molar-refractivity contribution in [3.63, 3.8) is 0 Å². The topological polar surface area (TPSA) is 57.6 Å². The highest BCUT2D eigenvalue weighted by Crippen LogP contribution is 2.31. The number of aliphatic hydroxyl groups is 1. The number of fused-ring (bicyclic) bond motifs is 2. The highest BCUT2D eigenvalue weighted by atomic mass is 32.2. The SMILES string of the molecule is O=S1(=O)CC2CCC(C1)N2CCCO. The van der Waals surface area contributed by atoms with Crippen molar-refractivity contribution in [3.05, 3.63) is 0 Å². The Labute approximate surface area is 84.8 Å². The predicted octanol–water partition coefficient (Wildman–Crippen LogP) is -0.370. The lowest BCUT2D eigenvalue weighted by Crippen LogP contribution is -2.49. The Morgan fingerprint density at radius 2 is 1.79 bits per heavy atom. The van der Waals surface area contributed by atoms with E-state index in [0.717, 1.165) is 25.8 Å². The predicted molar refractivity (Wildman–Crippen MR) is 53.9 cm³/mol. The summed E-state index contributed by atoms with van der Waals surface area (Å²) < 4.78 is 22.9. The number of aliphatic hydroxyl groups excluding tert-OH is 1. The maximum Gasteiger partial charge on any atom is 0.153 e. The second-order valence-electron chi connectivity index (χ2n) is 4.28. The number of rotatable bonds is 3. The lowest BCUT2D eigenvalue weighted by atomic mass is 10.2. The Kier molecular flexibility index (Phi) is 2.81. The van der Waals surface area contributed by atoms with Crippen LogP contribution in [-0.2, 0) is 9.84 Å². The molecule has 82 valence electrons. The standard InChI is InChI=1S/C9H17NO3S/c11-5-1-4-10-8-2-3-9(10)7-14(12,13)6-8/h8-9,11H,1-7H2. The van der Waals surface area contributed by atoms with Gasteiger partial charge in [-0.15, -0.1) is 0 Å². The molecule has 4 nitrogen and oxygen atoms in total. The lowest BCUT2D eigenvalue weighted by molar-refractivity contribution is 0.181. The highest BCUT2D eigenvalue weighted by molar-refractivity contribution is 7.91. The van der Waals surface area contributed by atoms with Crippen LogP contribution in [0.2, 0.25) is 0 Å². The summed E-state index contributed by atoms with van der Waals surface area (Å²) in [5.41, 5.74) is 0. The molecular weight excluding hydrogens is 202 g/mol. The molecule has 2 aliphatic rings. The van der Waals surface area contributed by atoms with Gasteiger partial charge in [0.05, 0.1) is 11.5 Å². The van der Waals surface area contributed by atoms with Crippen molar-refractivity contribution in [2.45, 2.75) is 31.3 Å². The molecule has 2 bridgehead atoms. The van der Waals surface area contributed by atoms with Crippen LogP contribution in [0.1, 0.15) is 19.3 Å². The normalized spacial score (nSPS) is 36.1. The molecule has 2 aliphatic heterocycles. The first kappa shape index (κ1) is 10.4. The van der Waals surface area contributed by atoms with Gasteiger partial charge < -0.3 is 5.11 Å². The minimum Gasteiger partial charge on any atom is -0.396 e. The fourth-order valence-corrected chi connectivity index (χ4v) is 4.67. The van der Waals surface area contributed by atoms with Gasteiger partial charge in [-0.1, -0.05) is 0 Å². The minimum absolute atomic E-state index is 0.197. The molecule has 2 saturated heterocycles. The van der Waals surface area contributed by atoms with Crippen LogP contribution in [0, 0.1) is 0 Å². The van der Waals surface area contributed by atoms with E-state index in [1.807, 2.05) is 0 Å². The van der Waals surface area contributed by atoms with Gasteiger partial charge in [0, 0.05) is 25.2 Å². The van der Waals surface area contributed by atoms with Gasteiger partial charge in [0.1, 0.15) is 0 Å². The molecule has 1 N–H and O–H groups in total. The molecule has 2 rings (SSSR count). The molecule has 0 spiro atoms. The van der Waals surface area contributed by atoms with Gasteiger partial charge in [0.25, 0.3) is 0 Å². The van der Waals surface area contributed by atoms with E-state index in [-0.39, 0.29) is 18.7 Å². The molecule has 2 atom stereocenters. The van der Waals surface area contributed by atoms with Crippen LogP contribution in [0.15, 0.2) is 0 Å². The number of hydrogen-bond donors (Lipinski definition) is 1. The summed E-state index contributed by atoms with van der Waals surface area (Å²) >= 11 is 0. The van der Waals surface area contributed by atoms with E-state index < -0.39 is 9.84 Å². The third kappa shape index (κ3) is 1.94. The Morgan fingerprint density at radius 1 is 1.21 bits per heavy atom. The average molecular weight is 219 g/mol. The van der Waals surface area contributed by atoms with Gasteiger partial charge >= 0.3 is 0 Å². The summed E-state index contributed by atoms with van der Waals surface area (Å²) in [6.07, 6.45) is 2.78. The third-order valence-electron chi connectivity index (χ3n) is 3.24. The van der Waals surface area contributed by atoms with Crippen LogP contribution in [0.3, 0.4) is 0 Å². The molecule has 2 unspecified atom stereocenters. The summed E-state index contributed by atoms with van der Waals surface area (Å²) in [4.78, 5) is 2.28. The molecule has 0 aliphatic carbocycles. The Balaban J connectivity index is 2.03. The molecule has 0 aromatic heterocycles. The monoisotopic (exact) mass is 219 g/mol. The van der Waals surface area contributed by atoms with Crippen LogP contribution in [0.4, 0.5) is 0 Å². The Hall–Kier alpha value is -0.130. The summed E-state index contributed by atoms with van der Waals surface area (Å²) in [5.74, 6) is 0.657. The van der Waals surface area contributed by atoms with Crippen LogP contribution >= 0.6 is 0 Å². The van der Waals surface area contributed by atoms with Gasteiger partial charge in [-0.3, -0.25) is 4.90 Å². The van der Waals surface area contributed by atoms with Crippen LogP contribution < -0.4 is 0 Å². The van der Waals surface area contributed by atoms with Crippen molar-refractivity contribution in [2.75, 3.05) is 24.7 Å². The molecule has 0 saturated carbocycles. The van der Waals surface area contributed by atoms with E-state index in [9.17, 15) is 8.42 Å². The summed E-state index contributed by atoms with van der Waals surface area (Å²) in [6.45, 7) is 1.05. The van der Waals surface area contributed by atoms with Gasteiger partial charge in [-0.05, 0) is 19.3 Å². The molecule has 2 fully saturated rings. The van der Waals surface area contributed by atoms with Crippen molar-refractivity contribution in [1.82, 2.24) is 4.90 Å². The molecule has 0 aromatic carbocycles. The zero-order valence-corrected chi connectivity index (χ0v) is 9.04. The van der Waals surface area contributed by atoms with E-state index in [1.165, 1.54) is 0 Å². The van der Waals surface area contributed by atoms with E-state index in [0.29, 0.717) is 11.5 Å². The summed E-state index contributed by atoms with van der Waals surface area (Å²) in [6, 6.07) is 0.454. The van der Waals surface area contributed by atoms with E-state index >= 15 is 0 Å². The molecule has 0 amide bonds. The number of nitrogens with zero attached hydrogens (tertiary/aromatic N) is 1. The van der Waals surface area contributed by atoms with Crippen LogP contribution in [0.25, 0.3) is 0 Å². The largest absolute Gasteiger partial charge is 0.396 e. The Morgan fingerprint density at radius 3 is 2.29 bits per heavy atom. The lowest BCUT2D eigenvalue weighted by Gasteiger charge is -2.34. The van der Waals surface area contributed by atoms with E-state index in [1.54, 1.807) is 0 Å². The smallest absolute Gasteiger partial charge is 0.153 e. The highest BCUT2D eigenvalue weighted by Gasteiger charge is 2.42. The average Bonchev–Trinajstić information content (AvgIpc) is 2.34. The number of hydrogen-bond acceptors (Lipinski definition) is 4. The van der Waals surface area contributed by atoms with Crippen molar-refractivity contribution in [1.29, 1.82) is 0 Å². The second kappa shape index (κ2) is 3.79.